The Labute approximate surface area is 59.8 Å². The second kappa shape index (κ2) is 3.85. The van der Waals surface area contributed by atoms with Gasteiger partial charge in [-0.1, -0.05) is 0 Å². The topological polar surface area (TPSA) is 35.5 Å². The minimum absolute atomic E-state index is 0.330. The Morgan fingerprint density at radius 2 is 2.30 bits per heavy atom. The Hall–Kier alpha value is -0.190. The zero-order valence-electron chi connectivity index (χ0n) is 5.89. The van der Waals surface area contributed by atoms with Crippen LogP contribution in [0.3, 0.4) is 0 Å². The quantitative estimate of drug-likeness (QED) is 0.565. The number of hydrazine groups is 1. The molecule has 1 fully saturated rings. The van der Waals surface area contributed by atoms with Gasteiger partial charge in [-0.3, -0.25) is 5.43 Å². The lowest BCUT2D eigenvalue weighted by Crippen LogP contribution is -2.50. The monoisotopic (exact) mass is 148 g/mol. The van der Waals surface area contributed by atoms with Crippen LogP contribution >= 0.6 is 0 Å². The van der Waals surface area contributed by atoms with Crippen LogP contribution in [0.5, 0.6) is 0 Å². The molecule has 3 nitrogen and oxygen atoms in total. The van der Waals surface area contributed by atoms with Gasteiger partial charge in [-0.15, -0.1) is 0 Å². The largest absolute Gasteiger partial charge is 0.389 e. The smallest absolute Gasteiger partial charge is 0.117 e. The zero-order valence-corrected chi connectivity index (χ0v) is 5.89. The van der Waals surface area contributed by atoms with Crippen LogP contribution < -0.4 is 5.43 Å². The number of aliphatic hydroxyl groups excluding tert-OH is 1. The third-order valence-corrected chi connectivity index (χ3v) is 1.58. The lowest BCUT2D eigenvalue weighted by atomic mass is 10.3. The summed E-state index contributed by atoms with van der Waals surface area (Å²) in [5.74, 6) is 0. The van der Waals surface area contributed by atoms with Crippen molar-refractivity contribution in [1.29, 1.82) is 0 Å². The van der Waals surface area contributed by atoms with Crippen LogP contribution in [0.1, 0.15) is 6.42 Å². The van der Waals surface area contributed by atoms with Crippen molar-refractivity contribution >= 4 is 0 Å². The zero-order chi connectivity index (χ0) is 7.40. The van der Waals surface area contributed by atoms with Gasteiger partial charge in [0.25, 0.3) is 0 Å². The highest BCUT2D eigenvalue weighted by molar-refractivity contribution is 4.65. The van der Waals surface area contributed by atoms with Crippen molar-refractivity contribution in [3.63, 3.8) is 0 Å². The van der Waals surface area contributed by atoms with Crippen molar-refractivity contribution in [2.45, 2.75) is 12.5 Å². The number of rotatable bonds is 4. The first-order chi connectivity index (χ1) is 4.83. The first kappa shape index (κ1) is 7.91. The van der Waals surface area contributed by atoms with Gasteiger partial charge < -0.3 is 5.11 Å². The molecule has 0 radical (unpaired) electrons. The number of hydrogen-bond acceptors (Lipinski definition) is 3. The number of alkyl halides is 1. The molecule has 1 saturated heterocycles. The summed E-state index contributed by atoms with van der Waals surface area (Å²) < 4.78 is 11.7. The Kier molecular flexibility index (Phi) is 3.05. The molecule has 0 saturated carbocycles. The van der Waals surface area contributed by atoms with E-state index in [9.17, 15) is 4.39 Å². The molecule has 1 atom stereocenters. The van der Waals surface area contributed by atoms with E-state index in [4.69, 9.17) is 5.11 Å². The molecule has 1 aliphatic heterocycles. The van der Waals surface area contributed by atoms with E-state index in [1.54, 1.807) is 0 Å². The number of halogens is 1. The van der Waals surface area contributed by atoms with Crippen molar-refractivity contribution in [3.05, 3.63) is 0 Å². The van der Waals surface area contributed by atoms with Crippen LogP contribution in [0, 0.1) is 0 Å². The number of nitrogens with one attached hydrogen (secondary N) is 1. The SMILES string of the molecule is OC(CF)CNN1CCC1. The Bertz CT molecular complexity index is 93.0. The highest BCUT2D eigenvalue weighted by Gasteiger charge is 2.13. The van der Waals surface area contributed by atoms with Gasteiger partial charge in [-0.25, -0.2) is 9.40 Å². The number of aliphatic hydroxyl groups is 1. The molecule has 1 unspecified atom stereocenters. The van der Waals surface area contributed by atoms with Crippen LogP contribution in [0.4, 0.5) is 4.39 Å². The molecule has 0 aromatic carbocycles. The molecule has 1 rings (SSSR count). The second-order valence-corrected chi connectivity index (χ2v) is 2.51. The molecule has 4 heteroatoms. The van der Waals surface area contributed by atoms with Crippen LogP contribution in [-0.4, -0.2) is 42.5 Å². The third-order valence-electron chi connectivity index (χ3n) is 1.58. The lowest BCUT2D eigenvalue weighted by Gasteiger charge is -2.31. The van der Waals surface area contributed by atoms with Crippen molar-refractivity contribution in [1.82, 2.24) is 10.4 Å². The summed E-state index contributed by atoms with van der Waals surface area (Å²) >= 11 is 0. The van der Waals surface area contributed by atoms with Gasteiger partial charge in [-0.2, -0.15) is 0 Å². The molecule has 0 bridgehead atoms. The van der Waals surface area contributed by atoms with Gasteiger partial charge in [0.1, 0.15) is 6.67 Å². The van der Waals surface area contributed by atoms with Crippen molar-refractivity contribution in [2.75, 3.05) is 26.3 Å². The van der Waals surface area contributed by atoms with Crippen LogP contribution in [0.2, 0.25) is 0 Å². The summed E-state index contributed by atoms with van der Waals surface area (Å²) in [7, 11) is 0. The summed E-state index contributed by atoms with van der Waals surface area (Å²) in [6, 6.07) is 0. The van der Waals surface area contributed by atoms with Crippen molar-refractivity contribution in [3.8, 4) is 0 Å². The maximum absolute atomic E-state index is 11.7. The average molecular weight is 148 g/mol. The number of hydrogen-bond donors (Lipinski definition) is 2. The Morgan fingerprint density at radius 1 is 1.60 bits per heavy atom. The molecule has 60 valence electrons. The van der Waals surface area contributed by atoms with Gasteiger partial charge in [0.05, 0.1) is 6.10 Å². The van der Waals surface area contributed by atoms with Gasteiger partial charge in [0, 0.05) is 19.6 Å². The summed E-state index contributed by atoms with van der Waals surface area (Å²) in [6.45, 7) is 1.69. The van der Waals surface area contributed by atoms with E-state index in [0.717, 1.165) is 13.1 Å². The molecule has 1 heterocycles. The van der Waals surface area contributed by atoms with Crippen molar-refractivity contribution in [2.24, 2.45) is 0 Å². The first-order valence-electron chi connectivity index (χ1n) is 3.55. The minimum Gasteiger partial charge on any atom is -0.389 e. The highest BCUT2D eigenvalue weighted by atomic mass is 19.1. The van der Waals surface area contributed by atoms with Gasteiger partial charge in [0.2, 0.25) is 0 Å². The Balaban J connectivity index is 1.93. The van der Waals surface area contributed by atoms with Gasteiger partial charge >= 0.3 is 0 Å². The molecular weight excluding hydrogens is 135 g/mol. The van der Waals surface area contributed by atoms with Crippen molar-refractivity contribution < 1.29 is 9.50 Å². The van der Waals surface area contributed by atoms with E-state index in [1.807, 2.05) is 5.01 Å². The average Bonchev–Trinajstić information content (AvgIpc) is 1.84. The lowest BCUT2D eigenvalue weighted by molar-refractivity contribution is 0.0617. The third kappa shape index (κ3) is 2.21. The molecule has 2 N–H and O–H groups in total. The molecular formula is C6H13FN2O. The standard InChI is InChI=1S/C6H13FN2O/c7-4-6(10)5-8-9-2-1-3-9/h6,8,10H,1-5H2. The van der Waals surface area contributed by atoms with E-state index >= 15 is 0 Å². The van der Waals surface area contributed by atoms with E-state index in [1.165, 1.54) is 6.42 Å². The van der Waals surface area contributed by atoms with E-state index in [2.05, 4.69) is 5.43 Å². The fourth-order valence-corrected chi connectivity index (χ4v) is 0.763. The van der Waals surface area contributed by atoms with Crippen LogP contribution in [0.25, 0.3) is 0 Å². The van der Waals surface area contributed by atoms with E-state index in [-0.39, 0.29) is 0 Å². The summed E-state index contributed by atoms with van der Waals surface area (Å²) in [5, 5.41) is 10.7. The molecule has 0 amide bonds. The highest BCUT2D eigenvalue weighted by Crippen LogP contribution is 2.00. The molecule has 10 heavy (non-hydrogen) atoms. The predicted molar refractivity (Wildman–Crippen MR) is 36.2 cm³/mol. The fourth-order valence-electron chi connectivity index (χ4n) is 0.763. The predicted octanol–water partition coefficient (Wildman–Crippen LogP) is -0.473. The van der Waals surface area contributed by atoms with Gasteiger partial charge in [0.15, 0.2) is 0 Å². The molecule has 0 spiro atoms. The summed E-state index contributed by atoms with van der Waals surface area (Å²) in [5.41, 5.74) is 2.91. The normalized spacial score (nSPS) is 22.2. The summed E-state index contributed by atoms with van der Waals surface area (Å²) in [6.07, 6.45) is 0.347. The minimum atomic E-state index is -0.847. The maximum atomic E-state index is 11.7. The second-order valence-electron chi connectivity index (χ2n) is 2.51. The van der Waals surface area contributed by atoms with Crippen LogP contribution in [0.15, 0.2) is 0 Å². The van der Waals surface area contributed by atoms with Crippen LogP contribution in [-0.2, 0) is 0 Å². The van der Waals surface area contributed by atoms with E-state index < -0.39 is 12.8 Å². The van der Waals surface area contributed by atoms with E-state index in [0.29, 0.717) is 6.54 Å². The summed E-state index contributed by atoms with van der Waals surface area (Å²) in [4.78, 5) is 0. The molecule has 0 aliphatic carbocycles. The Morgan fingerprint density at radius 3 is 2.70 bits per heavy atom. The molecule has 1 aliphatic rings. The molecule has 0 aromatic rings. The first-order valence-corrected chi connectivity index (χ1v) is 3.55. The molecule has 0 aromatic heterocycles. The number of nitrogens with zero attached hydrogens (tertiary/aromatic N) is 1. The van der Waals surface area contributed by atoms with Gasteiger partial charge in [-0.05, 0) is 6.42 Å². The fraction of sp³-hybridized carbons (Fsp3) is 1.00. The maximum Gasteiger partial charge on any atom is 0.117 e.